The highest BCUT2D eigenvalue weighted by Gasteiger charge is 2.43. The topological polar surface area (TPSA) is 43.7 Å². The number of rotatable bonds is 4. The molecule has 3 atom stereocenters. The lowest BCUT2D eigenvalue weighted by Gasteiger charge is -2.42. The largest absolute Gasteiger partial charge is 0.395 e. The molecular formula is C17H25NO2. The van der Waals surface area contributed by atoms with Crippen molar-refractivity contribution in [1.29, 1.82) is 0 Å². The Balaban J connectivity index is 1.79. The third kappa shape index (κ3) is 2.50. The van der Waals surface area contributed by atoms with E-state index in [1.165, 1.54) is 18.4 Å². The average molecular weight is 275 g/mol. The van der Waals surface area contributed by atoms with Crippen molar-refractivity contribution in [2.75, 3.05) is 13.2 Å². The summed E-state index contributed by atoms with van der Waals surface area (Å²) in [4.78, 5) is 2.54. The molecule has 2 bridgehead atoms. The van der Waals surface area contributed by atoms with Gasteiger partial charge in [0, 0.05) is 24.0 Å². The molecule has 1 aromatic rings. The molecule has 3 unspecified atom stereocenters. The quantitative estimate of drug-likeness (QED) is 0.882. The van der Waals surface area contributed by atoms with Gasteiger partial charge in [0.2, 0.25) is 0 Å². The molecule has 110 valence electrons. The van der Waals surface area contributed by atoms with Crippen molar-refractivity contribution in [2.45, 2.75) is 56.2 Å². The number of hydrogen-bond acceptors (Lipinski definition) is 3. The van der Waals surface area contributed by atoms with Crippen molar-refractivity contribution in [2.24, 2.45) is 0 Å². The number of nitrogens with zero attached hydrogens (tertiary/aromatic N) is 1. The van der Waals surface area contributed by atoms with Crippen LogP contribution in [0.5, 0.6) is 0 Å². The fraction of sp³-hybridized carbons (Fsp3) is 0.647. The van der Waals surface area contributed by atoms with Gasteiger partial charge in [0.1, 0.15) is 0 Å². The Morgan fingerprint density at radius 1 is 1.15 bits per heavy atom. The minimum absolute atomic E-state index is 0.124. The lowest BCUT2D eigenvalue weighted by molar-refractivity contribution is 0.0166. The van der Waals surface area contributed by atoms with Gasteiger partial charge in [-0.15, -0.1) is 0 Å². The lowest BCUT2D eigenvalue weighted by atomic mass is 9.81. The van der Waals surface area contributed by atoms with E-state index >= 15 is 0 Å². The number of piperidine rings is 1. The first-order chi connectivity index (χ1) is 9.62. The van der Waals surface area contributed by atoms with E-state index in [2.05, 4.69) is 24.0 Å². The molecule has 0 radical (unpaired) electrons. The number of fused-ring (bicyclic) bond motifs is 2. The second kappa shape index (κ2) is 5.47. The summed E-state index contributed by atoms with van der Waals surface area (Å²) in [6.07, 6.45) is 4.05. The summed E-state index contributed by atoms with van der Waals surface area (Å²) in [6, 6.07) is 11.3. The second-order valence-electron chi connectivity index (χ2n) is 6.77. The normalized spacial score (nSPS) is 33.0. The first-order valence-electron chi connectivity index (χ1n) is 7.72. The minimum Gasteiger partial charge on any atom is -0.395 e. The summed E-state index contributed by atoms with van der Waals surface area (Å²) in [5.74, 6) is 0. The van der Waals surface area contributed by atoms with Crippen molar-refractivity contribution in [3.8, 4) is 0 Å². The third-order valence-electron chi connectivity index (χ3n) is 5.21. The van der Waals surface area contributed by atoms with E-state index in [1.807, 2.05) is 18.2 Å². The second-order valence-corrected chi connectivity index (χ2v) is 6.77. The summed E-state index contributed by atoms with van der Waals surface area (Å²) in [5, 5.41) is 19.8. The van der Waals surface area contributed by atoms with Crippen molar-refractivity contribution in [3.05, 3.63) is 35.9 Å². The van der Waals surface area contributed by atoms with Crippen LogP contribution in [-0.2, 0) is 5.41 Å². The standard InChI is InChI=1S/C17H25NO2/c1-17(12-19,13-5-3-2-4-6-13)11-18-14-7-8-15(18)10-16(20)9-14/h2-6,14-16,19-20H,7-12H2,1H3. The molecule has 3 rings (SSSR count). The van der Waals surface area contributed by atoms with Crippen molar-refractivity contribution in [1.82, 2.24) is 4.90 Å². The molecular weight excluding hydrogens is 250 g/mol. The van der Waals surface area contributed by atoms with Gasteiger partial charge in [-0.3, -0.25) is 4.90 Å². The van der Waals surface area contributed by atoms with Crippen LogP contribution in [-0.4, -0.2) is 46.5 Å². The van der Waals surface area contributed by atoms with E-state index in [0.29, 0.717) is 12.1 Å². The Morgan fingerprint density at radius 3 is 2.30 bits per heavy atom. The molecule has 2 aliphatic heterocycles. The van der Waals surface area contributed by atoms with Crippen LogP contribution in [0, 0.1) is 0 Å². The molecule has 0 amide bonds. The molecule has 0 spiro atoms. The molecule has 2 N–H and O–H groups in total. The van der Waals surface area contributed by atoms with Crippen LogP contribution in [0.2, 0.25) is 0 Å². The summed E-state index contributed by atoms with van der Waals surface area (Å²) < 4.78 is 0. The number of aliphatic hydroxyl groups is 2. The van der Waals surface area contributed by atoms with E-state index in [0.717, 1.165) is 19.4 Å². The molecule has 0 aliphatic carbocycles. The average Bonchev–Trinajstić information content (AvgIpc) is 2.71. The Labute approximate surface area is 121 Å². The molecule has 3 nitrogen and oxygen atoms in total. The molecule has 3 heteroatoms. The van der Waals surface area contributed by atoms with Gasteiger partial charge in [-0.1, -0.05) is 37.3 Å². The smallest absolute Gasteiger partial charge is 0.0570 e. The summed E-state index contributed by atoms with van der Waals surface area (Å²) in [5.41, 5.74) is 0.984. The monoisotopic (exact) mass is 275 g/mol. The third-order valence-corrected chi connectivity index (χ3v) is 5.21. The summed E-state index contributed by atoms with van der Waals surface area (Å²) in [6.45, 7) is 3.19. The van der Waals surface area contributed by atoms with Crippen LogP contribution in [0.4, 0.5) is 0 Å². The van der Waals surface area contributed by atoms with Crippen LogP contribution < -0.4 is 0 Å². The van der Waals surface area contributed by atoms with Gasteiger partial charge in [0.15, 0.2) is 0 Å². The molecule has 2 fully saturated rings. The highest BCUT2D eigenvalue weighted by atomic mass is 16.3. The zero-order valence-electron chi connectivity index (χ0n) is 12.2. The van der Waals surface area contributed by atoms with Gasteiger partial charge in [0.25, 0.3) is 0 Å². The van der Waals surface area contributed by atoms with Crippen LogP contribution in [0.15, 0.2) is 30.3 Å². The van der Waals surface area contributed by atoms with Crippen molar-refractivity contribution < 1.29 is 10.2 Å². The number of aliphatic hydroxyl groups excluding tert-OH is 2. The Hall–Kier alpha value is -0.900. The van der Waals surface area contributed by atoms with E-state index in [-0.39, 0.29) is 18.1 Å². The van der Waals surface area contributed by atoms with Crippen LogP contribution in [0.25, 0.3) is 0 Å². The highest BCUT2D eigenvalue weighted by Crippen LogP contribution is 2.38. The first-order valence-corrected chi connectivity index (χ1v) is 7.72. The maximum Gasteiger partial charge on any atom is 0.0570 e. The predicted molar refractivity (Wildman–Crippen MR) is 79.6 cm³/mol. The molecule has 0 aromatic heterocycles. The van der Waals surface area contributed by atoms with Gasteiger partial charge >= 0.3 is 0 Å². The van der Waals surface area contributed by atoms with E-state index in [9.17, 15) is 10.2 Å². The summed E-state index contributed by atoms with van der Waals surface area (Å²) >= 11 is 0. The van der Waals surface area contributed by atoms with Gasteiger partial charge in [-0.25, -0.2) is 0 Å². The number of hydrogen-bond donors (Lipinski definition) is 2. The van der Waals surface area contributed by atoms with E-state index in [4.69, 9.17) is 0 Å². The lowest BCUT2D eigenvalue weighted by Crippen LogP contribution is -2.51. The van der Waals surface area contributed by atoms with Gasteiger partial charge in [0.05, 0.1) is 12.7 Å². The maximum absolute atomic E-state index is 9.94. The Morgan fingerprint density at radius 2 is 1.75 bits per heavy atom. The predicted octanol–water partition coefficient (Wildman–Crippen LogP) is 1.92. The van der Waals surface area contributed by atoms with Crippen LogP contribution in [0.1, 0.15) is 38.2 Å². The zero-order chi connectivity index (χ0) is 14.2. The molecule has 20 heavy (non-hydrogen) atoms. The Kier molecular flexibility index (Phi) is 3.85. The highest BCUT2D eigenvalue weighted by molar-refractivity contribution is 5.25. The zero-order valence-corrected chi connectivity index (χ0v) is 12.2. The Bertz CT molecular complexity index is 436. The minimum atomic E-state index is -0.218. The SMILES string of the molecule is CC(CO)(CN1C2CCC1CC(O)C2)c1ccccc1. The van der Waals surface area contributed by atoms with Gasteiger partial charge < -0.3 is 10.2 Å². The first kappa shape index (κ1) is 14.1. The number of benzene rings is 1. The van der Waals surface area contributed by atoms with Crippen molar-refractivity contribution in [3.63, 3.8) is 0 Å². The van der Waals surface area contributed by atoms with Crippen LogP contribution >= 0.6 is 0 Å². The van der Waals surface area contributed by atoms with Gasteiger partial charge in [-0.05, 0) is 31.2 Å². The fourth-order valence-electron chi connectivity index (χ4n) is 3.98. The fourth-order valence-corrected chi connectivity index (χ4v) is 3.98. The summed E-state index contributed by atoms with van der Waals surface area (Å²) in [7, 11) is 0. The van der Waals surface area contributed by atoms with E-state index in [1.54, 1.807) is 0 Å². The van der Waals surface area contributed by atoms with Crippen LogP contribution in [0.3, 0.4) is 0 Å². The maximum atomic E-state index is 9.94. The molecule has 2 aliphatic rings. The van der Waals surface area contributed by atoms with E-state index < -0.39 is 0 Å². The molecule has 1 aromatic carbocycles. The van der Waals surface area contributed by atoms with Crippen molar-refractivity contribution >= 4 is 0 Å². The molecule has 2 saturated heterocycles. The molecule has 2 heterocycles. The van der Waals surface area contributed by atoms with Gasteiger partial charge in [-0.2, -0.15) is 0 Å². The molecule has 0 saturated carbocycles.